The Hall–Kier alpha value is -2.31. The van der Waals surface area contributed by atoms with Crippen LogP contribution in [0.4, 0.5) is 8.78 Å². The molecule has 2 aromatic carbocycles. The standard InChI is InChI=1S/C22H23F2N3O.ClH/c1-15-26-22(17-2-6-19(23)7-3-17,18-4-8-20(24)9-5-18)21(28)27(15)14-16-10-12-25-13-11-16;/h2-9,16,25H,10-14H2,1H3;1H. The van der Waals surface area contributed by atoms with Gasteiger partial charge in [0.05, 0.1) is 0 Å². The van der Waals surface area contributed by atoms with E-state index in [1.54, 1.807) is 29.2 Å². The molecule has 2 aliphatic heterocycles. The first-order valence-corrected chi connectivity index (χ1v) is 9.62. The van der Waals surface area contributed by atoms with Gasteiger partial charge in [0.1, 0.15) is 17.5 Å². The van der Waals surface area contributed by atoms with E-state index in [0.29, 0.717) is 29.4 Å². The number of amides is 1. The lowest BCUT2D eigenvalue weighted by Gasteiger charge is -2.30. The van der Waals surface area contributed by atoms with E-state index in [9.17, 15) is 13.6 Å². The van der Waals surface area contributed by atoms with Gasteiger partial charge in [-0.25, -0.2) is 13.8 Å². The third-order valence-corrected chi connectivity index (χ3v) is 5.70. The lowest BCUT2D eigenvalue weighted by atomic mass is 9.82. The van der Waals surface area contributed by atoms with Gasteiger partial charge in [0.2, 0.25) is 0 Å². The lowest BCUT2D eigenvalue weighted by Crippen LogP contribution is -2.44. The van der Waals surface area contributed by atoms with Crippen molar-refractivity contribution in [2.75, 3.05) is 19.6 Å². The first-order chi connectivity index (χ1) is 13.5. The van der Waals surface area contributed by atoms with E-state index in [-0.39, 0.29) is 29.9 Å². The number of amidine groups is 1. The Labute approximate surface area is 175 Å². The third-order valence-electron chi connectivity index (χ3n) is 5.70. The quantitative estimate of drug-likeness (QED) is 0.817. The number of carbonyl (C=O) groups is 1. The summed E-state index contributed by atoms with van der Waals surface area (Å²) in [6, 6.07) is 11.6. The van der Waals surface area contributed by atoms with E-state index >= 15 is 0 Å². The van der Waals surface area contributed by atoms with Gasteiger partial charge in [-0.3, -0.25) is 9.69 Å². The normalized spacial score (nSPS) is 19.1. The summed E-state index contributed by atoms with van der Waals surface area (Å²) in [4.78, 5) is 20.2. The van der Waals surface area contributed by atoms with Crippen molar-refractivity contribution in [1.29, 1.82) is 0 Å². The molecule has 7 heteroatoms. The highest BCUT2D eigenvalue weighted by Crippen LogP contribution is 2.40. The van der Waals surface area contributed by atoms with Crippen molar-refractivity contribution < 1.29 is 13.6 Å². The molecule has 0 aliphatic carbocycles. The van der Waals surface area contributed by atoms with Crippen LogP contribution in [0.1, 0.15) is 30.9 Å². The maximum atomic E-state index is 13.7. The van der Waals surface area contributed by atoms with E-state index in [4.69, 9.17) is 4.99 Å². The minimum atomic E-state index is -1.31. The summed E-state index contributed by atoms with van der Waals surface area (Å²) in [7, 11) is 0. The summed E-state index contributed by atoms with van der Waals surface area (Å²) in [5.74, 6) is 0.123. The fraction of sp³-hybridized carbons (Fsp3) is 0.364. The number of halogens is 3. The summed E-state index contributed by atoms with van der Waals surface area (Å²) >= 11 is 0. The van der Waals surface area contributed by atoms with Crippen LogP contribution < -0.4 is 5.32 Å². The molecule has 4 rings (SSSR count). The molecule has 0 saturated carbocycles. The first-order valence-electron chi connectivity index (χ1n) is 9.62. The highest BCUT2D eigenvalue weighted by Gasteiger charge is 2.50. The molecular weight excluding hydrogens is 396 g/mol. The molecule has 0 bridgehead atoms. The van der Waals surface area contributed by atoms with Gasteiger partial charge in [-0.05, 0) is 74.2 Å². The van der Waals surface area contributed by atoms with Gasteiger partial charge in [0, 0.05) is 6.54 Å². The Balaban J connectivity index is 0.00000240. The molecule has 0 aromatic heterocycles. The topological polar surface area (TPSA) is 44.7 Å². The lowest BCUT2D eigenvalue weighted by molar-refractivity contribution is -0.130. The molecule has 0 spiro atoms. The number of hydrogen-bond acceptors (Lipinski definition) is 3. The van der Waals surface area contributed by atoms with Crippen LogP contribution in [0.3, 0.4) is 0 Å². The molecule has 154 valence electrons. The second kappa shape index (κ2) is 8.59. The molecule has 1 fully saturated rings. The number of carbonyl (C=O) groups excluding carboxylic acids is 1. The average molecular weight is 420 g/mol. The van der Waals surface area contributed by atoms with Crippen LogP contribution in [0.25, 0.3) is 0 Å². The first kappa shape index (κ1) is 21.4. The van der Waals surface area contributed by atoms with E-state index in [2.05, 4.69) is 5.32 Å². The second-order valence-electron chi connectivity index (χ2n) is 7.49. The Bertz CT molecular complexity index is 848. The summed E-state index contributed by atoms with van der Waals surface area (Å²) in [5.41, 5.74) is -0.145. The number of nitrogens with one attached hydrogen (secondary N) is 1. The Morgan fingerprint density at radius 3 is 1.97 bits per heavy atom. The maximum Gasteiger partial charge on any atom is 0.265 e. The number of benzene rings is 2. The zero-order chi connectivity index (χ0) is 19.7. The number of aliphatic imine (C=N–C) groups is 1. The molecule has 1 saturated heterocycles. The van der Waals surface area contributed by atoms with Gasteiger partial charge in [-0.15, -0.1) is 12.4 Å². The van der Waals surface area contributed by atoms with E-state index < -0.39 is 5.54 Å². The van der Waals surface area contributed by atoms with Gasteiger partial charge in [0.25, 0.3) is 5.91 Å². The highest BCUT2D eigenvalue weighted by atomic mass is 35.5. The van der Waals surface area contributed by atoms with Crippen molar-refractivity contribution in [2.45, 2.75) is 25.3 Å². The molecule has 2 aliphatic rings. The van der Waals surface area contributed by atoms with Crippen molar-refractivity contribution in [3.8, 4) is 0 Å². The molecule has 0 unspecified atom stereocenters. The summed E-state index contributed by atoms with van der Waals surface area (Å²) < 4.78 is 27.1. The summed E-state index contributed by atoms with van der Waals surface area (Å²) in [6.07, 6.45) is 2.02. The molecule has 29 heavy (non-hydrogen) atoms. The molecular formula is C22H24ClF2N3O. The minimum Gasteiger partial charge on any atom is -0.317 e. The van der Waals surface area contributed by atoms with Crippen LogP contribution in [-0.4, -0.2) is 36.3 Å². The Kier molecular flexibility index (Phi) is 6.34. The fourth-order valence-electron chi connectivity index (χ4n) is 4.16. The van der Waals surface area contributed by atoms with Gasteiger partial charge < -0.3 is 5.32 Å². The van der Waals surface area contributed by atoms with E-state index in [0.717, 1.165) is 25.9 Å². The van der Waals surface area contributed by atoms with Crippen LogP contribution in [0.15, 0.2) is 53.5 Å². The highest BCUT2D eigenvalue weighted by molar-refractivity contribution is 6.09. The van der Waals surface area contributed by atoms with Gasteiger partial charge in [0.15, 0.2) is 5.54 Å². The number of piperidine rings is 1. The van der Waals surface area contributed by atoms with Crippen molar-refractivity contribution in [3.63, 3.8) is 0 Å². The molecule has 4 nitrogen and oxygen atoms in total. The van der Waals surface area contributed by atoms with Crippen molar-refractivity contribution >= 4 is 24.1 Å². The maximum absolute atomic E-state index is 13.7. The van der Waals surface area contributed by atoms with Crippen molar-refractivity contribution in [2.24, 2.45) is 10.9 Å². The predicted molar refractivity (Wildman–Crippen MR) is 111 cm³/mol. The molecule has 0 radical (unpaired) electrons. The summed E-state index contributed by atoms with van der Waals surface area (Å²) in [6.45, 7) is 4.33. The number of nitrogens with zero attached hydrogens (tertiary/aromatic N) is 2. The van der Waals surface area contributed by atoms with Gasteiger partial charge >= 0.3 is 0 Å². The Morgan fingerprint density at radius 1 is 1.00 bits per heavy atom. The molecule has 1 N–H and O–H groups in total. The smallest absolute Gasteiger partial charge is 0.265 e. The van der Waals surface area contributed by atoms with Crippen LogP contribution in [0, 0.1) is 17.6 Å². The Morgan fingerprint density at radius 2 is 1.48 bits per heavy atom. The largest absolute Gasteiger partial charge is 0.317 e. The second-order valence-corrected chi connectivity index (χ2v) is 7.49. The fourth-order valence-corrected chi connectivity index (χ4v) is 4.16. The van der Waals surface area contributed by atoms with Gasteiger partial charge in [-0.1, -0.05) is 24.3 Å². The number of hydrogen-bond donors (Lipinski definition) is 1. The third kappa shape index (κ3) is 3.91. The van der Waals surface area contributed by atoms with Crippen LogP contribution in [-0.2, 0) is 10.3 Å². The van der Waals surface area contributed by atoms with Crippen LogP contribution >= 0.6 is 12.4 Å². The van der Waals surface area contributed by atoms with E-state index in [1.165, 1.54) is 24.3 Å². The van der Waals surface area contributed by atoms with Crippen LogP contribution in [0.2, 0.25) is 0 Å². The minimum absolute atomic E-state index is 0. The van der Waals surface area contributed by atoms with Crippen molar-refractivity contribution in [1.82, 2.24) is 10.2 Å². The zero-order valence-electron chi connectivity index (χ0n) is 16.2. The van der Waals surface area contributed by atoms with Gasteiger partial charge in [-0.2, -0.15) is 0 Å². The van der Waals surface area contributed by atoms with E-state index in [1.807, 2.05) is 6.92 Å². The monoisotopic (exact) mass is 419 g/mol. The molecule has 2 aromatic rings. The SMILES string of the molecule is CC1=NC(c2ccc(F)cc2)(c2ccc(F)cc2)C(=O)N1CC1CCNCC1.Cl. The predicted octanol–water partition coefficient (Wildman–Crippen LogP) is 3.89. The average Bonchev–Trinajstić information content (AvgIpc) is 2.95. The zero-order valence-corrected chi connectivity index (χ0v) is 17.0. The summed E-state index contributed by atoms with van der Waals surface area (Å²) in [5, 5.41) is 3.34. The molecule has 1 amide bonds. The van der Waals surface area contributed by atoms with Crippen LogP contribution in [0.5, 0.6) is 0 Å². The molecule has 2 heterocycles. The van der Waals surface area contributed by atoms with Crippen molar-refractivity contribution in [3.05, 3.63) is 71.3 Å². The molecule has 0 atom stereocenters. The number of rotatable bonds is 4.